The highest BCUT2D eigenvalue weighted by molar-refractivity contribution is 7.92. The van der Waals surface area contributed by atoms with E-state index in [1.165, 1.54) is 21.0 Å². The van der Waals surface area contributed by atoms with Crippen molar-refractivity contribution < 1.29 is 17.9 Å². The SMILES string of the molecule is Cc1cccc2c1N(S(=O)(=O)c1ccc3c(c1)oc(=O)n3C)CCC2O. The third-order valence-corrected chi connectivity index (χ3v) is 6.63. The maximum Gasteiger partial charge on any atom is 0.419 e. The molecule has 0 amide bonds. The second kappa shape index (κ2) is 5.72. The second-order valence-electron chi connectivity index (χ2n) is 6.45. The van der Waals surface area contributed by atoms with E-state index in [4.69, 9.17) is 4.42 Å². The van der Waals surface area contributed by atoms with Crippen LogP contribution in [-0.4, -0.2) is 24.6 Å². The van der Waals surface area contributed by atoms with Crippen molar-refractivity contribution in [2.24, 2.45) is 7.05 Å². The fourth-order valence-electron chi connectivity index (χ4n) is 3.44. The Morgan fingerprint density at radius 1 is 1.23 bits per heavy atom. The molecule has 2 heterocycles. The van der Waals surface area contributed by atoms with Crippen LogP contribution in [0, 0.1) is 6.92 Å². The van der Waals surface area contributed by atoms with Gasteiger partial charge in [-0.25, -0.2) is 13.2 Å². The van der Waals surface area contributed by atoms with Crippen molar-refractivity contribution in [1.82, 2.24) is 4.57 Å². The van der Waals surface area contributed by atoms with E-state index in [1.54, 1.807) is 25.2 Å². The molecule has 7 nitrogen and oxygen atoms in total. The fourth-order valence-corrected chi connectivity index (χ4v) is 5.03. The number of aliphatic hydroxyl groups excluding tert-OH is 1. The van der Waals surface area contributed by atoms with Crippen LogP contribution in [0.25, 0.3) is 11.1 Å². The maximum atomic E-state index is 13.3. The van der Waals surface area contributed by atoms with Gasteiger partial charge in [-0.05, 0) is 31.0 Å². The molecule has 0 aliphatic carbocycles. The minimum absolute atomic E-state index is 0.0462. The summed E-state index contributed by atoms with van der Waals surface area (Å²) >= 11 is 0. The molecule has 0 spiro atoms. The van der Waals surface area contributed by atoms with Crippen molar-refractivity contribution in [3.8, 4) is 0 Å². The van der Waals surface area contributed by atoms with Gasteiger partial charge in [-0.3, -0.25) is 8.87 Å². The molecule has 0 bridgehead atoms. The molecule has 2 aromatic carbocycles. The van der Waals surface area contributed by atoms with E-state index in [-0.39, 0.29) is 17.0 Å². The second-order valence-corrected chi connectivity index (χ2v) is 8.31. The first-order valence-electron chi connectivity index (χ1n) is 8.20. The lowest BCUT2D eigenvalue weighted by Crippen LogP contribution is -2.37. The molecule has 26 heavy (non-hydrogen) atoms. The van der Waals surface area contributed by atoms with Crippen LogP contribution in [0.4, 0.5) is 5.69 Å². The Hall–Kier alpha value is -2.58. The lowest BCUT2D eigenvalue weighted by atomic mass is 9.98. The number of hydrogen-bond donors (Lipinski definition) is 1. The first-order chi connectivity index (χ1) is 12.3. The van der Waals surface area contributed by atoms with Crippen LogP contribution in [0.2, 0.25) is 0 Å². The number of rotatable bonds is 2. The van der Waals surface area contributed by atoms with E-state index >= 15 is 0 Å². The van der Waals surface area contributed by atoms with Crippen LogP contribution < -0.4 is 10.1 Å². The molecule has 1 aromatic heterocycles. The Labute approximate surface area is 150 Å². The van der Waals surface area contributed by atoms with Gasteiger partial charge in [0, 0.05) is 25.2 Å². The Morgan fingerprint density at radius 2 is 2.00 bits per heavy atom. The molecule has 8 heteroatoms. The zero-order valence-electron chi connectivity index (χ0n) is 14.3. The van der Waals surface area contributed by atoms with Gasteiger partial charge in [0.15, 0.2) is 5.58 Å². The molecule has 1 atom stereocenters. The van der Waals surface area contributed by atoms with Gasteiger partial charge in [0.1, 0.15) is 0 Å². The van der Waals surface area contributed by atoms with E-state index in [0.29, 0.717) is 23.2 Å². The quantitative estimate of drug-likeness (QED) is 0.741. The predicted molar refractivity (Wildman–Crippen MR) is 96.7 cm³/mol. The summed E-state index contributed by atoms with van der Waals surface area (Å²) in [4.78, 5) is 11.7. The highest BCUT2D eigenvalue weighted by Crippen LogP contribution is 2.39. The highest BCUT2D eigenvalue weighted by atomic mass is 32.2. The van der Waals surface area contributed by atoms with Gasteiger partial charge in [0.2, 0.25) is 0 Å². The van der Waals surface area contributed by atoms with E-state index < -0.39 is 21.9 Å². The van der Waals surface area contributed by atoms with E-state index in [2.05, 4.69) is 0 Å². The molecule has 0 saturated heterocycles. The maximum absolute atomic E-state index is 13.3. The Kier molecular flexibility index (Phi) is 3.71. The number of fused-ring (bicyclic) bond motifs is 2. The minimum atomic E-state index is -3.87. The van der Waals surface area contributed by atoms with Crippen molar-refractivity contribution in [3.63, 3.8) is 0 Å². The monoisotopic (exact) mass is 374 g/mol. The molecular weight excluding hydrogens is 356 g/mol. The molecule has 1 aliphatic heterocycles. The zero-order valence-corrected chi connectivity index (χ0v) is 15.2. The number of aliphatic hydroxyl groups is 1. The molecule has 3 aromatic rings. The van der Waals surface area contributed by atoms with Crippen LogP contribution in [0.15, 0.2) is 50.5 Å². The zero-order chi connectivity index (χ0) is 18.6. The smallest absolute Gasteiger partial charge is 0.408 e. The first kappa shape index (κ1) is 16.9. The number of oxazole rings is 1. The van der Waals surface area contributed by atoms with E-state index in [1.807, 2.05) is 13.0 Å². The Morgan fingerprint density at radius 3 is 2.77 bits per heavy atom. The topological polar surface area (TPSA) is 92.8 Å². The number of para-hydroxylation sites is 1. The van der Waals surface area contributed by atoms with Crippen molar-refractivity contribution in [2.45, 2.75) is 24.3 Å². The van der Waals surface area contributed by atoms with Gasteiger partial charge in [0.05, 0.1) is 22.2 Å². The number of benzene rings is 2. The number of sulfonamides is 1. The van der Waals surface area contributed by atoms with Crippen LogP contribution in [0.3, 0.4) is 0 Å². The third kappa shape index (κ3) is 2.37. The van der Waals surface area contributed by atoms with Crippen molar-refractivity contribution >= 4 is 26.8 Å². The number of nitrogens with zero attached hydrogens (tertiary/aromatic N) is 2. The number of aryl methyl sites for hydroxylation is 2. The molecule has 0 saturated carbocycles. The number of anilines is 1. The third-order valence-electron chi connectivity index (χ3n) is 4.83. The molecule has 1 aliphatic rings. The van der Waals surface area contributed by atoms with Crippen molar-refractivity contribution in [1.29, 1.82) is 0 Å². The van der Waals surface area contributed by atoms with Crippen LogP contribution in [-0.2, 0) is 17.1 Å². The summed E-state index contributed by atoms with van der Waals surface area (Å²) in [6, 6.07) is 9.76. The van der Waals surface area contributed by atoms with Gasteiger partial charge < -0.3 is 9.52 Å². The standard InChI is InChI=1S/C18H18N2O5S/c1-11-4-3-5-13-15(21)8-9-20(17(11)13)26(23,24)12-6-7-14-16(10-12)25-18(22)19(14)2/h3-7,10,15,21H,8-9H2,1-2H3. The summed E-state index contributed by atoms with van der Waals surface area (Å²) in [6.45, 7) is 2.00. The Bertz CT molecular complexity index is 1180. The van der Waals surface area contributed by atoms with E-state index in [0.717, 1.165) is 5.56 Å². The molecule has 4 rings (SSSR count). The minimum Gasteiger partial charge on any atom is -0.408 e. The predicted octanol–water partition coefficient (Wildman–Crippen LogP) is 2.07. The average Bonchev–Trinajstić information content (AvgIpc) is 2.89. The fraction of sp³-hybridized carbons (Fsp3) is 0.278. The van der Waals surface area contributed by atoms with Crippen LogP contribution in [0.5, 0.6) is 0 Å². The average molecular weight is 374 g/mol. The normalized spacial score (nSPS) is 17.5. The van der Waals surface area contributed by atoms with Crippen LogP contribution in [0.1, 0.15) is 23.7 Å². The molecule has 0 radical (unpaired) electrons. The highest BCUT2D eigenvalue weighted by Gasteiger charge is 2.33. The lowest BCUT2D eigenvalue weighted by Gasteiger charge is -2.34. The molecule has 136 valence electrons. The molecule has 1 N–H and O–H groups in total. The summed E-state index contributed by atoms with van der Waals surface area (Å²) in [5.41, 5.74) is 2.64. The van der Waals surface area contributed by atoms with Gasteiger partial charge in [0.25, 0.3) is 10.0 Å². The summed E-state index contributed by atoms with van der Waals surface area (Å²) < 4.78 is 34.3. The molecular formula is C18H18N2O5S. The van der Waals surface area contributed by atoms with Gasteiger partial charge in [-0.2, -0.15) is 0 Å². The summed E-state index contributed by atoms with van der Waals surface area (Å²) in [6.07, 6.45) is -0.371. The Balaban J connectivity index is 1.88. The first-order valence-corrected chi connectivity index (χ1v) is 9.64. The van der Waals surface area contributed by atoms with Crippen molar-refractivity contribution in [2.75, 3.05) is 10.8 Å². The molecule has 1 unspecified atom stereocenters. The number of aromatic nitrogens is 1. The summed E-state index contributed by atoms with van der Waals surface area (Å²) in [5, 5.41) is 10.2. The summed E-state index contributed by atoms with van der Waals surface area (Å²) in [5.74, 6) is -0.545. The van der Waals surface area contributed by atoms with Crippen LogP contribution >= 0.6 is 0 Å². The van der Waals surface area contributed by atoms with Crippen molar-refractivity contribution in [3.05, 3.63) is 58.1 Å². The lowest BCUT2D eigenvalue weighted by molar-refractivity contribution is 0.166. The molecule has 0 fully saturated rings. The largest absolute Gasteiger partial charge is 0.419 e. The number of hydrogen-bond acceptors (Lipinski definition) is 5. The van der Waals surface area contributed by atoms with E-state index in [9.17, 15) is 18.3 Å². The van der Waals surface area contributed by atoms with Gasteiger partial charge in [-0.1, -0.05) is 18.2 Å². The van der Waals surface area contributed by atoms with Gasteiger partial charge >= 0.3 is 5.76 Å². The van der Waals surface area contributed by atoms with Gasteiger partial charge in [-0.15, -0.1) is 0 Å². The summed E-state index contributed by atoms with van der Waals surface area (Å²) in [7, 11) is -2.30.